The molecule has 2 heterocycles. The number of para-hydroxylation sites is 1. The Bertz CT molecular complexity index is 950. The van der Waals surface area contributed by atoms with Crippen molar-refractivity contribution < 1.29 is 9.53 Å². The van der Waals surface area contributed by atoms with Crippen molar-refractivity contribution >= 4 is 36.0 Å². The number of aliphatic imine (C=N–C) groups is 1. The van der Waals surface area contributed by atoms with Crippen LogP contribution in [0.25, 0.3) is 5.69 Å². The first-order valence-electron chi connectivity index (χ1n) is 10.7. The van der Waals surface area contributed by atoms with Gasteiger partial charge in [-0.05, 0) is 58.7 Å². The van der Waals surface area contributed by atoms with E-state index >= 15 is 0 Å². The van der Waals surface area contributed by atoms with Gasteiger partial charge < -0.3 is 20.3 Å². The first-order chi connectivity index (χ1) is 14.7. The zero-order chi connectivity index (χ0) is 22.6. The Morgan fingerprint density at radius 2 is 2.00 bits per heavy atom. The zero-order valence-corrected chi connectivity index (χ0v) is 22.1. The zero-order valence-electron chi connectivity index (χ0n) is 19.8. The molecule has 1 amide bonds. The van der Waals surface area contributed by atoms with Gasteiger partial charge in [0.2, 0.25) is 0 Å². The number of ether oxygens (including phenoxy) is 1. The molecule has 0 spiro atoms. The number of hydrogen-bond donors (Lipinski definition) is 2. The van der Waals surface area contributed by atoms with E-state index in [0.29, 0.717) is 13.1 Å². The van der Waals surface area contributed by atoms with E-state index in [1.165, 1.54) is 0 Å². The number of nitrogens with one attached hydrogen (secondary N) is 2. The molecule has 1 unspecified atom stereocenters. The summed E-state index contributed by atoms with van der Waals surface area (Å²) in [5, 5.41) is 11.1. The minimum Gasteiger partial charge on any atom is -0.444 e. The molecular formula is C23H35IN6O2. The summed E-state index contributed by atoms with van der Waals surface area (Å²) < 4.78 is 7.35. The fourth-order valence-electron chi connectivity index (χ4n) is 3.79. The highest BCUT2D eigenvalue weighted by molar-refractivity contribution is 14.0. The molecule has 0 saturated carbocycles. The van der Waals surface area contributed by atoms with Crippen LogP contribution in [-0.4, -0.2) is 58.5 Å². The predicted octanol–water partition coefficient (Wildman–Crippen LogP) is 3.78. The number of hydrogen-bond acceptors (Lipinski definition) is 4. The number of rotatable bonds is 4. The van der Waals surface area contributed by atoms with Crippen LogP contribution >= 0.6 is 24.0 Å². The van der Waals surface area contributed by atoms with Gasteiger partial charge in [-0.15, -0.1) is 24.0 Å². The second kappa shape index (κ2) is 11.0. The third kappa shape index (κ3) is 6.85. The van der Waals surface area contributed by atoms with Gasteiger partial charge in [-0.3, -0.25) is 4.99 Å². The average Bonchev–Trinajstić information content (AvgIpc) is 3.27. The van der Waals surface area contributed by atoms with Gasteiger partial charge in [-0.25, -0.2) is 9.48 Å². The van der Waals surface area contributed by atoms with E-state index in [2.05, 4.69) is 50.7 Å². The van der Waals surface area contributed by atoms with E-state index in [-0.39, 0.29) is 36.1 Å². The van der Waals surface area contributed by atoms with Crippen LogP contribution in [0.5, 0.6) is 0 Å². The highest BCUT2D eigenvalue weighted by atomic mass is 127. The summed E-state index contributed by atoms with van der Waals surface area (Å²) in [6.45, 7) is 11.8. The van der Waals surface area contributed by atoms with Gasteiger partial charge >= 0.3 is 6.09 Å². The van der Waals surface area contributed by atoms with Crippen molar-refractivity contribution in [2.75, 3.05) is 20.1 Å². The molecule has 32 heavy (non-hydrogen) atoms. The van der Waals surface area contributed by atoms with Crippen molar-refractivity contribution in [1.29, 1.82) is 0 Å². The van der Waals surface area contributed by atoms with Crippen molar-refractivity contribution in [3.05, 3.63) is 47.3 Å². The lowest BCUT2D eigenvalue weighted by atomic mass is 10.1. The Balaban J connectivity index is 0.00000363. The molecule has 3 rings (SSSR count). The van der Waals surface area contributed by atoms with Gasteiger partial charge in [0, 0.05) is 32.4 Å². The smallest absolute Gasteiger partial charge is 0.407 e. The lowest BCUT2D eigenvalue weighted by molar-refractivity contribution is 0.0507. The molecule has 0 bridgehead atoms. The van der Waals surface area contributed by atoms with Crippen molar-refractivity contribution in [1.82, 2.24) is 25.3 Å². The van der Waals surface area contributed by atoms with Crippen molar-refractivity contribution in [3.8, 4) is 5.69 Å². The highest BCUT2D eigenvalue weighted by Gasteiger charge is 2.28. The lowest BCUT2D eigenvalue weighted by Gasteiger charge is -2.24. The quantitative estimate of drug-likeness (QED) is 0.342. The Hall–Kier alpha value is -2.30. The first kappa shape index (κ1) is 26.0. The summed E-state index contributed by atoms with van der Waals surface area (Å²) in [6, 6.07) is 10.3. The van der Waals surface area contributed by atoms with Crippen LogP contribution in [0.1, 0.15) is 44.1 Å². The molecule has 1 saturated heterocycles. The Morgan fingerprint density at radius 3 is 2.62 bits per heavy atom. The maximum absolute atomic E-state index is 12.1. The molecule has 2 aromatic rings. The van der Waals surface area contributed by atoms with Crippen LogP contribution in [0.3, 0.4) is 0 Å². The van der Waals surface area contributed by atoms with Gasteiger partial charge in [0.15, 0.2) is 5.96 Å². The largest absolute Gasteiger partial charge is 0.444 e. The Morgan fingerprint density at radius 1 is 1.28 bits per heavy atom. The standard InChI is InChI=1S/C23H34N6O2.HI/c1-16-13-17(2)29(27-16)20-10-8-7-9-18(20)14-25-21(24-6)28-12-11-19(15-28)26-22(30)31-23(3,4)5;/h7-10,13,19H,11-12,14-15H2,1-6H3,(H,24,25)(H,26,30);1H. The molecule has 0 radical (unpaired) electrons. The molecule has 1 aromatic heterocycles. The maximum atomic E-state index is 12.1. The summed E-state index contributed by atoms with van der Waals surface area (Å²) in [4.78, 5) is 18.7. The van der Waals surface area contributed by atoms with Gasteiger partial charge in [0.05, 0.1) is 17.4 Å². The van der Waals surface area contributed by atoms with E-state index < -0.39 is 5.60 Å². The van der Waals surface area contributed by atoms with Crippen LogP contribution < -0.4 is 10.6 Å². The summed E-state index contributed by atoms with van der Waals surface area (Å²) in [7, 11) is 1.78. The van der Waals surface area contributed by atoms with E-state index in [9.17, 15) is 4.79 Å². The van der Waals surface area contributed by atoms with E-state index in [1.807, 2.05) is 44.5 Å². The van der Waals surface area contributed by atoms with Crippen LogP contribution in [0.15, 0.2) is 35.3 Å². The number of benzene rings is 1. The number of likely N-dealkylation sites (tertiary alicyclic amines) is 1. The first-order valence-corrected chi connectivity index (χ1v) is 10.7. The number of carbonyl (C=O) groups excluding carboxylic acids is 1. The van der Waals surface area contributed by atoms with Crippen LogP contribution in [-0.2, 0) is 11.3 Å². The van der Waals surface area contributed by atoms with E-state index in [0.717, 1.165) is 41.6 Å². The van der Waals surface area contributed by atoms with Crippen LogP contribution in [0, 0.1) is 13.8 Å². The third-order valence-electron chi connectivity index (χ3n) is 5.09. The molecule has 9 heteroatoms. The highest BCUT2D eigenvalue weighted by Crippen LogP contribution is 2.18. The predicted molar refractivity (Wildman–Crippen MR) is 138 cm³/mol. The monoisotopic (exact) mass is 554 g/mol. The fraction of sp³-hybridized carbons (Fsp3) is 0.522. The molecular weight excluding hydrogens is 519 g/mol. The van der Waals surface area contributed by atoms with Crippen molar-refractivity contribution in [2.24, 2.45) is 4.99 Å². The van der Waals surface area contributed by atoms with E-state index in [4.69, 9.17) is 4.74 Å². The van der Waals surface area contributed by atoms with Crippen molar-refractivity contribution in [2.45, 2.75) is 59.2 Å². The third-order valence-corrected chi connectivity index (χ3v) is 5.09. The number of alkyl carbamates (subject to hydrolysis) is 1. The maximum Gasteiger partial charge on any atom is 0.407 e. The topological polar surface area (TPSA) is 83.8 Å². The normalized spacial score (nSPS) is 16.5. The summed E-state index contributed by atoms with van der Waals surface area (Å²) in [6.07, 6.45) is 0.476. The minimum absolute atomic E-state index is 0. The van der Waals surface area contributed by atoms with Crippen LogP contribution in [0.4, 0.5) is 4.79 Å². The van der Waals surface area contributed by atoms with Gasteiger partial charge in [-0.1, -0.05) is 18.2 Å². The van der Waals surface area contributed by atoms with E-state index in [1.54, 1.807) is 7.05 Å². The Kier molecular flexibility index (Phi) is 8.94. The molecule has 8 nitrogen and oxygen atoms in total. The molecule has 1 aliphatic heterocycles. The number of guanidine groups is 1. The summed E-state index contributed by atoms with van der Waals surface area (Å²) in [5.74, 6) is 0.816. The Labute approximate surface area is 207 Å². The number of halogens is 1. The molecule has 1 atom stereocenters. The average molecular weight is 554 g/mol. The second-order valence-electron chi connectivity index (χ2n) is 8.95. The van der Waals surface area contributed by atoms with Gasteiger partial charge in [0.25, 0.3) is 0 Å². The number of aryl methyl sites for hydroxylation is 2. The second-order valence-corrected chi connectivity index (χ2v) is 8.95. The summed E-state index contributed by atoms with van der Waals surface area (Å²) in [5.41, 5.74) is 3.79. The van der Waals surface area contributed by atoms with Gasteiger partial charge in [0.1, 0.15) is 5.60 Å². The number of aromatic nitrogens is 2. The molecule has 0 aliphatic carbocycles. The number of nitrogens with zero attached hydrogens (tertiary/aromatic N) is 4. The van der Waals surface area contributed by atoms with Crippen molar-refractivity contribution in [3.63, 3.8) is 0 Å². The lowest BCUT2D eigenvalue weighted by Crippen LogP contribution is -2.44. The fourth-order valence-corrected chi connectivity index (χ4v) is 3.79. The number of carbonyl (C=O) groups is 1. The molecule has 1 aromatic carbocycles. The van der Waals surface area contributed by atoms with Gasteiger partial charge in [-0.2, -0.15) is 5.10 Å². The molecule has 2 N–H and O–H groups in total. The minimum atomic E-state index is -0.501. The molecule has 176 valence electrons. The van der Waals surface area contributed by atoms with Crippen LogP contribution in [0.2, 0.25) is 0 Å². The molecule has 1 aliphatic rings. The number of amides is 1. The summed E-state index contributed by atoms with van der Waals surface area (Å²) >= 11 is 0. The SMILES string of the molecule is CN=C(NCc1ccccc1-n1nc(C)cc1C)N1CCC(NC(=O)OC(C)(C)C)C1.I. The molecule has 1 fully saturated rings.